The fourth-order valence-electron chi connectivity index (χ4n) is 6.03. The highest BCUT2D eigenvalue weighted by molar-refractivity contribution is 5.79. The first-order valence-corrected chi connectivity index (χ1v) is 7.75. The van der Waals surface area contributed by atoms with Crippen LogP contribution in [0.25, 0.3) is 0 Å². The summed E-state index contributed by atoms with van der Waals surface area (Å²) in [4.78, 5) is 12.4. The van der Waals surface area contributed by atoms with Crippen molar-refractivity contribution in [2.24, 2.45) is 17.3 Å². The van der Waals surface area contributed by atoms with E-state index in [-0.39, 0.29) is 12.5 Å². The lowest BCUT2D eigenvalue weighted by molar-refractivity contribution is -0.227. The monoisotopic (exact) mass is 312 g/mol. The molecule has 3 saturated heterocycles. The van der Waals surface area contributed by atoms with Gasteiger partial charge in [0.05, 0.1) is 28.6 Å². The predicted molar refractivity (Wildman–Crippen MR) is 69.3 cm³/mol. The van der Waals surface area contributed by atoms with Crippen molar-refractivity contribution >= 4 is 5.97 Å². The van der Waals surface area contributed by atoms with Crippen LogP contribution in [0.5, 0.6) is 0 Å². The first kappa shape index (κ1) is 13.7. The molecule has 3 aliphatic heterocycles. The second-order valence-electron chi connectivity index (χ2n) is 8.20. The first-order chi connectivity index (χ1) is 10.1. The zero-order chi connectivity index (χ0) is 15.9. The van der Waals surface area contributed by atoms with Gasteiger partial charge < -0.3 is 29.5 Å². The lowest BCUT2D eigenvalue weighted by atomic mass is 9.52. The highest BCUT2D eigenvalue weighted by Crippen LogP contribution is 2.78. The van der Waals surface area contributed by atoms with Crippen molar-refractivity contribution in [1.29, 1.82) is 0 Å². The maximum absolute atomic E-state index is 12.4. The van der Waals surface area contributed by atoms with Gasteiger partial charge in [0, 0.05) is 12.3 Å². The van der Waals surface area contributed by atoms with Gasteiger partial charge in [-0.2, -0.15) is 0 Å². The van der Waals surface area contributed by atoms with Crippen LogP contribution in [0, 0.1) is 17.3 Å². The number of carbonyl (C=O) groups is 1. The Balaban J connectivity index is 1.74. The molecule has 5 fully saturated rings. The van der Waals surface area contributed by atoms with Crippen molar-refractivity contribution in [3.8, 4) is 0 Å². The molecular weight excluding hydrogens is 292 g/mol. The summed E-state index contributed by atoms with van der Waals surface area (Å²) in [7, 11) is 0. The van der Waals surface area contributed by atoms with Crippen LogP contribution in [-0.4, -0.2) is 62.7 Å². The van der Waals surface area contributed by atoms with E-state index in [4.69, 9.17) is 14.2 Å². The summed E-state index contributed by atoms with van der Waals surface area (Å²) in [5, 5.41) is 32.4. The quantitative estimate of drug-likeness (QED) is 0.417. The maximum Gasteiger partial charge on any atom is 0.312 e. The number of aliphatic hydroxyl groups excluding tert-OH is 1. The molecule has 0 aromatic rings. The highest BCUT2D eigenvalue weighted by Gasteiger charge is 2.94. The third kappa shape index (κ3) is 1.02. The van der Waals surface area contributed by atoms with Crippen molar-refractivity contribution in [3.05, 3.63) is 0 Å². The van der Waals surface area contributed by atoms with Crippen LogP contribution >= 0.6 is 0 Å². The first-order valence-electron chi connectivity index (χ1n) is 7.75. The summed E-state index contributed by atoms with van der Waals surface area (Å²) in [6.07, 6.45) is -2.61. The van der Waals surface area contributed by atoms with Gasteiger partial charge in [0.25, 0.3) is 0 Å². The average molecular weight is 312 g/mol. The van der Waals surface area contributed by atoms with Crippen LogP contribution in [-0.2, 0) is 19.0 Å². The molecule has 0 radical (unpaired) electrons. The Morgan fingerprint density at radius 3 is 2.68 bits per heavy atom. The minimum Gasteiger partial charge on any atom is -0.459 e. The largest absolute Gasteiger partial charge is 0.459 e. The molecule has 2 bridgehead atoms. The lowest BCUT2D eigenvalue weighted by Crippen LogP contribution is -2.69. The molecular formula is C15H20O7. The SMILES string of the molecule is CC(C)(O)[C@@H]1C2OC(=O)C1[C@]1(O)C[C@H]3O[C@]34C(O)O[C@H]2[C@]14C. The predicted octanol–water partition coefficient (Wildman–Crippen LogP) is -1.08. The van der Waals surface area contributed by atoms with E-state index in [1.54, 1.807) is 13.8 Å². The molecule has 1 spiro atoms. The number of epoxide rings is 1. The van der Waals surface area contributed by atoms with E-state index >= 15 is 0 Å². The van der Waals surface area contributed by atoms with E-state index in [0.717, 1.165) is 0 Å². The summed E-state index contributed by atoms with van der Waals surface area (Å²) in [6, 6.07) is 0. The minimum atomic E-state index is -1.41. The summed E-state index contributed by atoms with van der Waals surface area (Å²) in [5.74, 6) is -1.91. The van der Waals surface area contributed by atoms with Gasteiger partial charge in [0.1, 0.15) is 12.2 Å². The Labute approximate surface area is 127 Å². The van der Waals surface area contributed by atoms with Crippen molar-refractivity contribution in [2.45, 2.75) is 68.6 Å². The van der Waals surface area contributed by atoms with E-state index in [2.05, 4.69) is 0 Å². The highest BCUT2D eigenvalue weighted by atomic mass is 16.7. The van der Waals surface area contributed by atoms with E-state index in [0.29, 0.717) is 0 Å². The summed E-state index contributed by atoms with van der Waals surface area (Å²) >= 11 is 0. The topological polar surface area (TPSA) is 109 Å². The molecule has 0 amide bonds. The molecule has 5 rings (SSSR count). The van der Waals surface area contributed by atoms with Crippen molar-refractivity contribution < 1.29 is 34.3 Å². The molecule has 3 unspecified atom stereocenters. The maximum atomic E-state index is 12.4. The summed E-state index contributed by atoms with van der Waals surface area (Å²) in [5.41, 5.74) is -4.50. The van der Waals surface area contributed by atoms with E-state index < -0.39 is 58.5 Å². The van der Waals surface area contributed by atoms with Gasteiger partial charge in [-0.25, -0.2) is 0 Å². The van der Waals surface area contributed by atoms with Gasteiger partial charge in [-0.15, -0.1) is 0 Å². The Morgan fingerprint density at radius 2 is 2.05 bits per heavy atom. The number of fused-ring (bicyclic) bond motifs is 4. The van der Waals surface area contributed by atoms with Gasteiger partial charge >= 0.3 is 5.97 Å². The number of rotatable bonds is 1. The van der Waals surface area contributed by atoms with Crippen LogP contribution in [0.4, 0.5) is 0 Å². The van der Waals surface area contributed by atoms with Crippen molar-refractivity contribution in [2.75, 3.05) is 0 Å². The van der Waals surface area contributed by atoms with Gasteiger partial charge in [-0.05, 0) is 13.8 Å². The zero-order valence-electron chi connectivity index (χ0n) is 12.6. The number of esters is 1. The smallest absolute Gasteiger partial charge is 0.312 e. The third-order valence-electron chi connectivity index (χ3n) is 7.03. The zero-order valence-corrected chi connectivity index (χ0v) is 12.6. The summed E-state index contributed by atoms with van der Waals surface area (Å²) < 4.78 is 16.9. The van der Waals surface area contributed by atoms with Crippen molar-refractivity contribution in [3.63, 3.8) is 0 Å². The lowest BCUT2D eigenvalue weighted by Gasteiger charge is -2.53. The number of carbonyl (C=O) groups excluding carboxylic acids is 1. The van der Waals surface area contributed by atoms with Gasteiger partial charge in [-0.3, -0.25) is 4.79 Å². The Kier molecular flexibility index (Phi) is 2.01. The molecule has 3 heterocycles. The average Bonchev–Trinajstić information content (AvgIpc) is 2.85. The van der Waals surface area contributed by atoms with Crippen LogP contribution in [0.3, 0.4) is 0 Å². The molecule has 2 aliphatic carbocycles. The van der Waals surface area contributed by atoms with Crippen LogP contribution in [0.2, 0.25) is 0 Å². The standard InChI is InChI=1S/C15H20O7/c1-12(2,18)6-7-10(16)20-8(6)9-13(3)14(7,19)4-5-15(13,22-5)11(17)21-9/h5-9,11,17-19H,4H2,1-3H3/t5-,6+,7?,8?,9-,11?,13-,14-,15+/m1/s1. The number of hydrogen-bond donors (Lipinski definition) is 3. The fraction of sp³-hybridized carbons (Fsp3) is 0.933. The second-order valence-corrected chi connectivity index (χ2v) is 8.20. The third-order valence-corrected chi connectivity index (χ3v) is 7.03. The molecule has 0 aromatic carbocycles. The van der Waals surface area contributed by atoms with E-state index in [9.17, 15) is 20.1 Å². The summed E-state index contributed by atoms with van der Waals surface area (Å²) in [6.45, 7) is 5.03. The fourth-order valence-corrected chi connectivity index (χ4v) is 6.03. The van der Waals surface area contributed by atoms with E-state index in [1.165, 1.54) is 0 Å². The molecule has 9 atom stereocenters. The minimum absolute atomic E-state index is 0.249. The van der Waals surface area contributed by atoms with E-state index in [1.807, 2.05) is 6.92 Å². The van der Waals surface area contributed by atoms with Gasteiger partial charge in [0.2, 0.25) is 0 Å². The normalized spacial score (nSPS) is 64.4. The van der Waals surface area contributed by atoms with Gasteiger partial charge in [0.15, 0.2) is 11.9 Å². The van der Waals surface area contributed by atoms with Crippen LogP contribution in [0.1, 0.15) is 27.2 Å². The molecule has 2 saturated carbocycles. The molecule has 7 nitrogen and oxygen atoms in total. The number of hydrogen-bond acceptors (Lipinski definition) is 7. The molecule has 0 aromatic heterocycles. The van der Waals surface area contributed by atoms with Crippen LogP contribution < -0.4 is 0 Å². The molecule has 122 valence electrons. The number of aliphatic hydroxyl groups is 3. The molecule has 7 heteroatoms. The van der Waals surface area contributed by atoms with Gasteiger partial charge in [-0.1, -0.05) is 6.92 Å². The molecule has 22 heavy (non-hydrogen) atoms. The Hall–Kier alpha value is -0.730. The number of ether oxygens (including phenoxy) is 3. The Bertz CT molecular complexity index is 599. The molecule has 5 aliphatic rings. The van der Waals surface area contributed by atoms with Crippen molar-refractivity contribution in [1.82, 2.24) is 0 Å². The van der Waals surface area contributed by atoms with Crippen LogP contribution in [0.15, 0.2) is 0 Å². The molecule has 3 N–H and O–H groups in total. The second kappa shape index (κ2) is 3.23. The Morgan fingerprint density at radius 1 is 1.36 bits per heavy atom.